The van der Waals surface area contributed by atoms with Crippen molar-refractivity contribution in [2.24, 2.45) is 5.92 Å². The van der Waals surface area contributed by atoms with Crippen molar-refractivity contribution < 1.29 is 18.0 Å². The molecule has 1 fully saturated rings. The molecule has 1 aliphatic carbocycles. The Kier molecular flexibility index (Phi) is 4.75. The van der Waals surface area contributed by atoms with E-state index in [1.807, 2.05) is 0 Å². The van der Waals surface area contributed by atoms with Crippen LogP contribution >= 0.6 is 33.9 Å². The molecule has 1 aliphatic rings. The molecule has 0 spiro atoms. The summed E-state index contributed by atoms with van der Waals surface area (Å²) in [5.41, 5.74) is 0.531. The van der Waals surface area contributed by atoms with E-state index in [1.54, 1.807) is 11.4 Å². The Morgan fingerprint density at radius 2 is 2.16 bits per heavy atom. The molecule has 19 heavy (non-hydrogen) atoms. The molecule has 1 amide bonds. The van der Waals surface area contributed by atoms with Crippen LogP contribution in [0.3, 0.4) is 0 Å². The number of halogens is 4. The van der Waals surface area contributed by atoms with Crippen LogP contribution in [0.2, 0.25) is 0 Å². The number of carbonyl (C=O) groups is 1. The Balaban J connectivity index is 1.94. The lowest BCUT2D eigenvalue weighted by atomic mass is 9.85. The maximum absolute atomic E-state index is 12.7. The molecule has 106 valence electrons. The Morgan fingerprint density at radius 3 is 2.74 bits per heavy atom. The fourth-order valence-electron chi connectivity index (χ4n) is 2.32. The van der Waals surface area contributed by atoms with Crippen molar-refractivity contribution in [3.05, 3.63) is 19.9 Å². The monoisotopic (exact) mass is 403 g/mol. The van der Waals surface area contributed by atoms with Crippen molar-refractivity contribution >= 4 is 39.8 Å². The number of amides is 1. The van der Waals surface area contributed by atoms with E-state index in [1.165, 1.54) is 11.3 Å². The molecule has 1 aromatic rings. The molecule has 2 atom stereocenters. The highest BCUT2D eigenvalue weighted by Gasteiger charge is 2.42. The van der Waals surface area contributed by atoms with Crippen LogP contribution in [0.1, 0.15) is 36.0 Å². The topological polar surface area (TPSA) is 29.1 Å². The van der Waals surface area contributed by atoms with Crippen LogP contribution in [0.4, 0.5) is 13.2 Å². The number of hydrogen-bond donors (Lipinski definition) is 1. The molecule has 7 heteroatoms. The molecule has 2 nitrogen and oxygen atoms in total. The van der Waals surface area contributed by atoms with Gasteiger partial charge in [-0.05, 0) is 47.9 Å². The summed E-state index contributed by atoms with van der Waals surface area (Å²) < 4.78 is 39.0. The van der Waals surface area contributed by atoms with Gasteiger partial charge in [-0.25, -0.2) is 0 Å². The van der Waals surface area contributed by atoms with E-state index in [4.69, 9.17) is 0 Å². The predicted octanol–water partition coefficient (Wildman–Crippen LogP) is 4.20. The summed E-state index contributed by atoms with van der Waals surface area (Å²) in [4.78, 5) is 11.9. The zero-order chi connectivity index (χ0) is 14.0. The van der Waals surface area contributed by atoms with Crippen molar-refractivity contribution in [3.8, 4) is 0 Å². The zero-order valence-corrected chi connectivity index (χ0v) is 12.9. The van der Waals surface area contributed by atoms with E-state index in [9.17, 15) is 18.0 Å². The number of nitrogens with one attached hydrogen (secondary N) is 1. The first-order valence-electron chi connectivity index (χ1n) is 5.98. The molecule has 0 aliphatic heterocycles. The first-order valence-corrected chi connectivity index (χ1v) is 7.93. The van der Waals surface area contributed by atoms with Gasteiger partial charge in [0.25, 0.3) is 5.91 Å². The molecule has 0 radical (unpaired) electrons. The lowest BCUT2D eigenvalue weighted by molar-refractivity contribution is -0.183. The number of thiophene rings is 1. The van der Waals surface area contributed by atoms with Gasteiger partial charge in [0.05, 0.1) is 14.4 Å². The van der Waals surface area contributed by atoms with Gasteiger partial charge in [0.1, 0.15) is 0 Å². The Hall–Kier alpha value is -0.310. The second-order valence-corrected chi connectivity index (χ2v) is 7.52. The minimum Gasteiger partial charge on any atom is -0.349 e. The van der Waals surface area contributed by atoms with Crippen LogP contribution in [0.5, 0.6) is 0 Å². The maximum Gasteiger partial charge on any atom is 0.391 e. The predicted molar refractivity (Wildman–Crippen MR) is 76.3 cm³/mol. The SMILES string of the molecule is O=C(NC1CCCC(C(F)(F)F)C1)c1csc(I)c1. The molecule has 0 saturated heterocycles. The number of rotatable bonds is 2. The lowest BCUT2D eigenvalue weighted by Crippen LogP contribution is -2.41. The van der Waals surface area contributed by atoms with E-state index < -0.39 is 12.1 Å². The van der Waals surface area contributed by atoms with Gasteiger partial charge in [-0.15, -0.1) is 11.3 Å². The molecular weight excluding hydrogens is 390 g/mol. The lowest BCUT2D eigenvalue weighted by Gasteiger charge is -2.30. The summed E-state index contributed by atoms with van der Waals surface area (Å²) in [5.74, 6) is -1.55. The largest absolute Gasteiger partial charge is 0.391 e. The number of carbonyl (C=O) groups excluding carboxylic acids is 1. The van der Waals surface area contributed by atoms with Crippen molar-refractivity contribution in [2.75, 3.05) is 0 Å². The average molecular weight is 403 g/mol. The summed E-state index contributed by atoms with van der Waals surface area (Å²) in [6.07, 6.45) is -2.85. The van der Waals surface area contributed by atoms with E-state index in [2.05, 4.69) is 27.9 Å². The third kappa shape index (κ3) is 4.08. The molecule has 0 aromatic carbocycles. The van der Waals surface area contributed by atoms with Crippen LogP contribution in [-0.2, 0) is 0 Å². The van der Waals surface area contributed by atoms with Crippen LogP contribution in [0.15, 0.2) is 11.4 Å². The highest BCUT2D eigenvalue weighted by atomic mass is 127. The van der Waals surface area contributed by atoms with Crippen LogP contribution in [0.25, 0.3) is 0 Å². The first kappa shape index (κ1) is 15.1. The summed E-state index contributed by atoms with van der Waals surface area (Å²) in [5, 5.41) is 4.44. The molecule has 1 N–H and O–H groups in total. The van der Waals surface area contributed by atoms with Gasteiger partial charge in [-0.2, -0.15) is 13.2 Å². The van der Waals surface area contributed by atoms with E-state index in [-0.39, 0.29) is 24.8 Å². The molecular formula is C12H13F3INOS. The van der Waals surface area contributed by atoms with Gasteiger partial charge < -0.3 is 5.32 Å². The Bertz CT molecular complexity index is 460. The smallest absolute Gasteiger partial charge is 0.349 e. The summed E-state index contributed by atoms with van der Waals surface area (Å²) >= 11 is 3.55. The molecule has 0 bridgehead atoms. The van der Waals surface area contributed by atoms with Gasteiger partial charge >= 0.3 is 6.18 Å². The van der Waals surface area contributed by atoms with Crippen LogP contribution < -0.4 is 5.32 Å². The van der Waals surface area contributed by atoms with E-state index in [0.717, 1.165) is 2.88 Å². The minimum absolute atomic E-state index is 0.00350. The molecule has 2 unspecified atom stereocenters. The fraction of sp³-hybridized carbons (Fsp3) is 0.583. The minimum atomic E-state index is -4.15. The van der Waals surface area contributed by atoms with Crippen molar-refractivity contribution in [1.29, 1.82) is 0 Å². The highest BCUT2D eigenvalue weighted by molar-refractivity contribution is 14.1. The van der Waals surface area contributed by atoms with Gasteiger partial charge in [0, 0.05) is 11.4 Å². The normalized spacial score (nSPS) is 24.2. The molecule has 2 rings (SSSR count). The summed E-state index contributed by atoms with van der Waals surface area (Å²) in [6, 6.07) is 1.37. The Morgan fingerprint density at radius 1 is 1.42 bits per heavy atom. The maximum atomic E-state index is 12.7. The summed E-state index contributed by atoms with van der Waals surface area (Å²) in [6.45, 7) is 0. The fourth-order valence-corrected chi connectivity index (χ4v) is 3.64. The van der Waals surface area contributed by atoms with Gasteiger partial charge in [0.2, 0.25) is 0 Å². The second-order valence-electron chi connectivity index (χ2n) is 4.72. The van der Waals surface area contributed by atoms with Gasteiger partial charge in [0.15, 0.2) is 0 Å². The average Bonchev–Trinajstić information content (AvgIpc) is 2.75. The first-order chi connectivity index (χ1) is 8.86. The van der Waals surface area contributed by atoms with Crippen LogP contribution in [0, 0.1) is 8.80 Å². The third-order valence-electron chi connectivity index (χ3n) is 3.30. The van der Waals surface area contributed by atoms with E-state index in [0.29, 0.717) is 18.4 Å². The second kappa shape index (κ2) is 5.99. The molecule has 1 saturated carbocycles. The quantitative estimate of drug-likeness (QED) is 0.737. The third-order valence-corrected chi connectivity index (χ3v) is 5.09. The van der Waals surface area contributed by atoms with E-state index >= 15 is 0 Å². The van der Waals surface area contributed by atoms with Crippen molar-refractivity contribution in [3.63, 3.8) is 0 Å². The number of alkyl halides is 3. The Labute approximate surface area is 126 Å². The van der Waals surface area contributed by atoms with Crippen molar-refractivity contribution in [1.82, 2.24) is 5.32 Å². The van der Waals surface area contributed by atoms with Crippen molar-refractivity contribution in [2.45, 2.75) is 37.9 Å². The van der Waals surface area contributed by atoms with Gasteiger partial charge in [-0.3, -0.25) is 4.79 Å². The zero-order valence-electron chi connectivity index (χ0n) is 9.97. The standard InChI is InChI=1S/C12H13F3INOS/c13-12(14,15)8-2-1-3-9(5-8)17-11(18)7-4-10(16)19-6-7/h4,6,8-9H,1-3,5H2,(H,17,18). The van der Waals surface area contributed by atoms with Crippen LogP contribution in [-0.4, -0.2) is 18.1 Å². The molecule has 1 heterocycles. The highest BCUT2D eigenvalue weighted by Crippen LogP contribution is 2.37. The number of hydrogen-bond acceptors (Lipinski definition) is 2. The molecule has 1 aromatic heterocycles. The van der Waals surface area contributed by atoms with Gasteiger partial charge in [-0.1, -0.05) is 6.42 Å². The summed E-state index contributed by atoms with van der Waals surface area (Å²) in [7, 11) is 0.